The Morgan fingerprint density at radius 2 is 1.80 bits per heavy atom. The van der Waals surface area contributed by atoms with E-state index in [9.17, 15) is 0 Å². The molecule has 2 rings (SSSR count). The molecule has 0 saturated heterocycles. The van der Waals surface area contributed by atoms with Crippen molar-refractivity contribution in [2.45, 2.75) is 38.1 Å². The van der Waals surface area contributed by atoms with Crippen molar-refractivity contribution in [2.24, 2.45) is 0 Å². The van der Waals surface area contributed by atoms with Crippen molar-refractivity contribution in [2.75, 3.05) is 37.8 Å². The number of nitrogens with one attached hydrogen (secondary N) is 2. The first kappa shape index (κ1) is 15.5. The molecule has 112 valence electrons. The van der Waals surface area contributed by atoms with E-state index < -0.39 is 0 Å². The molecule has 0 atom stereocenters. The van der Waals surface area contributed by atoms with Crippen LogP contribution in [-0.4, -0.2) is 47.6 Å². The van der Waals surface area contributed by atoms with Gasteiger partial charge in [-0.15, -0.1) is 0 Å². The van der Waals surface area contributed by atoms with Crippen LogP contribution >= 0.6 is 15.9 Å². The maximum absolute atomic E-state index is 4.34. The SMILES string of the molecule is CCNc1ncnc(NCC2(N(C)C)CCCC2)c1Br. The molecular weight excluding hydrogens is 318 g/mol. The van der Waals surface area contributed by atoms with Gasteiger partial charge in [0.25, 0.3) is 0 Å². The molecule has 0 bridgehead atoms. The molecule has 1 aliphatic carbocycles. The van der Waals surface area contributed by atoms with E-state index >= 15 is 0 Å². The highest BCUT2D eigenvalue weighted by atomic mass is 79.9. The highest BCUT2D eigenvalue weighted by molar-refractivity contribution is 9.10. The quantitative estimate of drug-likeness (QED) is 0.833. The Bertz CT molecular complexity index is 443. The number of anilines is 2. The van der Waals surface area contributed by atoms with Crippen LogP contribution in [0.15, 0.2) is 10.8 Å². The third kappa shape index (κ3) is 3.23. The van der Waals surface area contributed by atoms with Crippen molar-refractivity contribution in [3.63, 3.8) is 0 Å². The van der Waals surface area contributed by atoms with Crippen LogP contribution in [0, 0.1) is 0 Å². The molecule has 0 aliphatic heterocycles. The Labute approximate surface area is 129 Å². The van der Waals surface area contributed by atoms with Crippen LogP contribution in [0.2, 0.25) is 0 Å². The van der Waals surface area contributed by atoms with Crippen molar-refractivity contribution in [1.82, 2.24) is 14.9 Å². The average molecular weight is 342 g/mol. The van der Waals surface area contributed by atoms with E-state index in [0.717, 1.165) is 29.2 Å². The Balaban J connectivity index is 2.08. The van der Waals surface area contributed by atoms with Gasteiger partial charge >= 0.3 is 0 Å². The lowest BCUT2D eigenvalue weighted by Gasteiger charge is -2.36. The summed E-state index contributed by atoms with van der Waals surface area (Å²) in [6.45, 7) is 3.82. The van der Waals surface area contributed by atoms with Gasteiger partial charge in [0.05, 0.1) is 0 Å². The predicted octanol–water partition coefficient (Wildman–Crippen LogP) is 2.96. The van der Waals surface area contributed by atoms with Gasteiger partial charge in [-0.3, -0.25) is 0 Å². The van der Waals surface area contributed by atoms with E-state index in [1.165, 1.54) is 25.7 Å². The Morgan fingerprint density at radius 3 is 2.35 bits per heavy atom. The number of aromatic nitrogens is 2. The summed E-state index contributed by atoms with van der Waals surface area (Å²) in [4.78, 5) is 10.9. The van der Waals surface area contributed by atoms with Crippen LogP contribution in [-0.2, 0) is 0 Å². The lowest BCUT2D eigenvalue weighted by molar-refractivity contribution is 0.172. The van der Waals surface area contributed by atoms with Gasteiger partial charge in [-0.2, -0.15) is 0 Å². The Kier molecular flexibility index (Phi) is 5.21. The smallest absolute Gasteiger partial charge is 0.146 e. The van der Waals surface area contributed by atoms with Crippen molar-refractivity contribution in [3.8, 4) is 0 Å². The first-order chi connectivity index (χ1) is 9.59. The van der Waals surface area contributed by atoms with Crippen molar-refractivity contribution >= 4 is 27.6 Å². The maximum Gasteiger partial charge on any atom is 0.146 e. The minimum atomic E-state index is 0.253. The summed E-state index contributed by atoms with van der Waals surface area (Å²) in [5.74, 6) is 1.71. The molecule has 5 nitrogen and oxygen atoms in total. The highest BCUT2D eigenvalue weighted by Crippen LogP contribution is 2.35. The minimum Gasteiger partial charge on any atom is -0.369 e. The van der Waals surface area contributed by atoms with Gasteiger partial charge in [0.1, 0.15) is 22.4 Å². The number of rotatable bonds is 6. The van der Waals surface area contributed by atoms with Gasteiger partial charge in [-0.1, -0.05) is 12.8 Å². The van der Waals surface area contributed by atoms with Crippen LogP contribution in [0.25, 0.3) is 0 Å². The van der Waals surface area contributed by atoms with E-state index in [-0.39, 0.29) is 5.54 Å². The molecule has 1 heterocycles. The average Bonchev–Trinajstić information content (AvgIpc) is 2.90. The summed E-state index contributed by atoms with van der Waals surface area (Å²) >= 11 is 3.58. The molecule has 1 aliphatic rings. The summed E-state index contributed by atoms with van der Waals surface area (Å²) in [5, 5.41) is 6.72. The molecule has 0 amide bonds. The van der Waals surface area contributed by atoms with Crippen LogP contribution in [0.5, 0.6) is 0 Å². The molecule has 20 heavy (non-hydrogen) atoms. The molecule has 1 aromatic rings. The minimum absolute atomic E-state index is 0.253. The first-order valence-corrected chi connectivity index (χ1v) is 8.04. The summed E-state index contributed by atoms with van der Waals surface area (Å²) in [6, 6.07) is 0. The zero-order valence-electron chi connectivity index (χ0n) is 12.5. The number of halogens is 1. The molecule has 1 fully saturated rings. The zero-order chi connectivity index (χ0) is 14.6. The molecule has 0 spiro atoms. The van der Waals surface area contributed by atoms with Crippen molar-refractivity contribution in [1.29, 1.82) is 0 Å². The topological polar surface area (TPSA) is 53.1 Å². The van der Waals surface area contributed by atoms with Crippen LogP contribution in [0.3, 0.4) is 0 Å². The Morgan fingerprint density at radius 1 is 1.20 bits per heavy atom. The number of hydrogen-bond donors (Lipinski definition) is 2. The fourth-order valence-corrected chi connectivity index (χ4v) is 3.33. The molecule has 2 N–H and O–H groups in total. The van der Waals surface area contributed by atoms with E-state index in [2.05, 4.69) is 62.5 Å². The van der Waals surface area contributed by atoms with Crippen LogP contribution in [0.4, 0.5) is 11.6 Å². The van der Waals surface area contributed by atoms with Gasteiger partial charge in [-0.05, 0) is 49.8 Å². The summed E-state index contributed by atoms with van der Waals surface area (Å²) in [7, 11) is 4.35. The first-order valence-electron chi connectivity index (χ1n) is 7.25. The number of hydrogen-bond acceptors (Lipinski definition) is 5. The number of likely N-dealkylation sites (N-methyl/N-ethyl adjacent to an activating group) is 1. The Hall–Kier alpha value is -0.880. The molecule has 0 radical (unpaired) electrons. The molecule has 6 heteroatoms. The normalized spacial score (nSPS) is 17.4. The van der Waals surface area contributed by atoms with Crippen LogP contribution in [0.1, 0.15) is 32.6 Å². The fraction of sp³-hybridized carbons (Fsp3) is 0.714. The molecule has 1 aromatic heterocycles. The monoisotopic (exact) mass is 341 g/mol. The van der Waals surface area contributed by atoms with Gasteiger partial charge in [0.15, 0.2) is 0 Å². The third-order valence-electron chi connectivity index (χ3n) is 4.20. The second-order valence-corrected chi connectivity index (χ2v) is 6.39. The predicted molar refractivity (Wildman–Crippen MR) is 87.3 cm³/mol. The third-order valence-corrected chi connectivity index (χ3v) is 4.95. The van der Waals surface area contributed by atoms with Gasteiger partial charge < -0.3 is 15.5 Å². The summed E-state index contributed by atoms with van der Waals surface area (Å²) in [6.07, 6.45) is 6.72. The second kappa shape index (κ2) is 6.72. The highest BCUT2D eigenvalue weighted by Gasteiger charge is 2.35. The van der Waals surface area contributed by atoms with Gasteiger partial charge in [-0.25, -0.2) is 9.97 Å². The van der Waals surface area contributed by atoms with Crippen molar-refractivity contribution < 1.29 is 0 Å². The van der Waals surface area contributed by atoms with Crippen LogP contribution < -0.4 is 10.6 Å². The van der Waals surface area contributed by atoms with E-state index in [4.69, 9.17) is 0 Å². The maximum atomic E-state index is 4.34. The lowest BCUT2D eigenvalue weighted by atomic mass is 9.96. The van der Waals surface area contributed by atoms with Crippen molar-refractivity contribution in [3.05, 3.63) is 10.8 Å². The number of nitrogens with zero attached hydrogens (tertiary/aromatic N) is 3. The van der Waals surface area contributed by atoms with E-state index in [1.54, 1.807) is 6.33 Å². The molecule has 0 aromatic carbocycles. The lowest BCUT2D eigenvalue weighted by Crippen LogP contribution is -2.47. The summed E-state index contributed by atoms with van der Waals surface area (Å²) < 4.78 is 0.911. The standard InChI is InChI=1S/C14H24BrN5/c1-4-16-12-11(15)13(19-10-18-12)17-9-14(20(2)3)7-5-6-8-14/h10H,4-9H2,1-3H3,(H2,16,17,18,19). The van der Waals surface area contributed by atoms with E-state index in [0.29, 0.717) is 0 Å². The second-order valence-electron chi connectivity index (χ2n) is 5.59. The van der Waals surface area contributed by atoms with Gasteiger partial charge in [0.2, 0.25) is 0 Å². The molecular formula is C14H24BrN5. The zero-order valence-corrected chi connectivity index (χ0v) is 14.1. The van der Waals surface area contributed by atoms with Gasteiger partial charge in [0, 0.05) is 18.6 Å². The van der Waals surface area contributed by atoms with E-state index in [1.807, 2.05) is 0 Å². The summed E-state index contributed by atoms with van der Waals surface area (Å²) in [5.41, 5.74) is 0.253. The largest absolute Gasteiger partial charge is 0.369 e. The molecule has 1 saturated carbocycles. The molecule has 0 unspecified atom stereocenters. The fourth-order valence-electron chi connectivity index (χ4n) is 2.85.